The van der Waals surface area contributed by atoms with E-state index in [1.54, 1.807) is 23.1 Å². The smallest absolute Gasteiger partial charge is 0.288 e. The number of halogens is 1. The number of benzene rings is 2. The lowest BCUT2D eigenvalue weighted by molar-refractivity contribution is -0.384. The topological polar surface area (TPSA) is 103 Å². The summed E-state index contributed by atoms with van der Waals surface area (Å²) >= 11 is 5.83. The highest BCUT2D eigenvalue weighted by atomic mass is 35.5. The Bertz CT molecular complexity index is 1190. The molecule has 1 amide bonds. The van der Waals surface area contributed by atoms with Crippen LogP contribution in [0.3, 0.4) is 0 Å². The quantitative estimate of drug-likeness (QED) is 0.372. The molecule has 8 nitrogen and oxygen atoms in total. The molecule has 0 radical (unpaired) electrons. The SMILES string of the molecule is O=C(Nc1cc(-c2ccoc2)nn1-c1ccccc1)c1ccc(Cl)c([N+](=O)[O-])c1. The number of rotatable bonds is 5. The van der Waals surface area contributed by atoms with Gasteiger partial charge in [-0.05, 0) is 30.3 Å². The van der Waals surface area contributed by atoms with Gasteiger partial charge < -0.3 is 9.73 Å². The first-order valence-electron chi connectivity index (χ1n) is 8.46. The molecule has 1 N–H and O–H groups in total. The van der Waals surface area contributed by atoms with Gasteiger partial charge in [0.15, 0.2) is 0 Å². The zero-order valence-corrected chi connectivity index (χ0v) is 15.5. The number of nitrogens with zero attached hydrogens (tertiary/aromatic N) is 3. The molecule has 2 aromatic heterocycles. The fraction of sp³-hybridized carbons (Fsp3) is 0. The maximum absolute atomic E-state index is 12.7. The van der Waals surface area contributed by atoms with Crippen molar-refractivity contribution in [2.75, 3.05) is 5.32 Å². The molecule has 4 aromatic rings. The summed E-state index contributed by atoms with van der Waals surface area (Å²) in [6, 6.07) is 16.6. The average Bonchev–Trinajstić information content (AvgIpc) is 3.38. The summed E-state index contributed by atoms with van der Waals surface area (Å²) < 4.78 is 6.68. The van der Waals surface area contributed by atoms with Gasteiger partial charge in [-0.1, -0.05) is 29.8 Å². The van der Waals surface area contributed by atoms with Gasteiger partial charge in [-0.25, -0.2) is 4.68 Å². The molecule has 0 aliphatic rings. The van der Waals surface area contributed by atoms with Gasteiger partial charge >= 0.3 is 0 Å². The van der Waals surface area contributed by atoms with Gasteiger partial charge in [-0.15, -0.1) is 0 Å². The van der Waals surface area contributed by atoms with E-state index >= 15 is 0 Å². The summed E-state index contributed by atoms with van der Waals surface area (Å²) in [4.78, 5) is 23.2. The fourth-order valence-corrected chi connectivity index (χ4v) is 2.96. The van der Waals surface area contributed by atoms with Crippen LogP contribution in [0.4, 0.5) is 11.5 Å². The highest BCUT2D eigenvalue weighted by Gasteiger charge is 2.19. The molecule has 2 aromatic carbocycles. The maximum Gasteiger partial charge on any atom is 0.288 e. The summed E-state index contributed by atoms with van der Waals surface area (Å²) in [6.45, 7) is 0. The second-order valence-corrected chi connectivity index (χ2v) is 6.46. The number of carbonyl (C=O) groups is 1. The summed E-state index contributed by atoms with van der Waals surface area (Å²) in [5.74, 6) is -0.129. The number of para-hydroxylation sites is 1. The van der Waals surface area contributed by atoms with Gasteiger partial charge in [-0.3, -0.25) is 14.9 Å². The number of nitro benzene ring substituents is 1. The van der Waals surface area contributed by atoms with E-state index in [9.17, 15) is 14.9 Å². The molecule has 0 saturated heterocycles. The summed E-state index contributed by atoms with van der Waals surface area (Å²) in [5, 5.41) is 18.4. The first kappa shape index (κ1) is 18.5. The summed E-state index contributed by atoms with van der Waals surface area (Å²) in [7, 11) is 0. The minimum Gasteiger partial charge on any atom is -0.472 e. The van der Waals surface area contributed by atoms with E-state index in [2.05, 4.69) is 10.4 Å². The van der Waals surface area contributed by atoms with Crippen LogP contribution in [-0.2, 0) is 0 Å². The molecule has 0 unspecified atom stereocenters. The van der Waals surface area contributed by atoms with Crippen molar-refractivity contribution in [3.05, 3.63) is 93.9 Å². The van der Waals surface area contributed by atoms with Crippen LogP contribution in [0.15, 0.2) is 77.6 Å². The Morgan fingerprint density at radius 1 is 1.14 bits per heavy atom. The normalized spacial score (nSPS) is 10.7. The average molecular weight is 409 g/mol. The second-order valence-electron chi connectivity index (χ2n) is 6.05. The minimum absolute atomic E-state index is 0.0388. The molecule has 4 rings (SSSR count). The van der Waals surface area contributed by atoms with Gasteiger partial charge in [0, 0.05) is 23.3 Å². The highest BCUT2D eigenvalue weighted by molar-refractivity contribution is 6.32. The highest BCUT2D eigenvalue weighted by Crippen LogP contribution is 2.28. The van der Waals surface area contributed by atoms with Crippen molar-refractivity contribution in [2.24, 2.45) is 0 Å². The van der Waals surface area contributed by atoms with E-state index in [0.717, 1.165) is 17.3 Å². The third-order valence-electron chi connectivity index (χ3n) is 4.17. The third-order valence-corrected chi connectivity index (χ3v) is 4.49. The van der Waals surface area contributed by atoms with Crippen molar-refractivity contribution >= 4 is 29.0 Å². The van der Waals surface area contributed by atoms with Gasteiger partial charge in [0.25, 0.3) is 11.6 Å². The van der Waals surface area contributed by atoms with Crippen molar-refractivity contribution in [2.45, 2.75) is 0 Å². The predicted octanol–water partition coefficient (Wildman–Crippen LogP) is 4.95. The molecular formula is C20H13ClN4O4. The summed E-state index contributed by atoms with van der Waals surface area (Å²) in [6.07, 6.45) is 3.08. The van der Waals surface area contributed by atoms with Crippen molar-refractivity contribution in [3.63, 3.8) is 0 Å². The Kier molecular flexibility index (Phi) is 4.84. The van der Waals surface area contributed by atoms with Crippen molar-refractivity contribution in [1.82, 2.24) is 9.78 Å². The Morgan fingerprint density at radius 3 is 2.62 bits per heavy atom. The largest absolute Gasteiger partial charge is 0.472 e. The van der Waals surface area contributed by atoms with E-state index in [0.29, 0.717) is 11.5 Å². The van der Waals surface area contributed by atoms with Crippen LogP contribution in [0.25, 0.3) is 16.9 Å². The van der Waals surface area contributed by atoms with Gasteiger partial charge in [0.05, 0.1) is 28.8 Å². The predicted molar refractivity (Wildman–Crippen MR) is 107 cm³/mol. The zero-order valence-electron chi connectivity index (χ0n) is 14.8. The van der Waals surface area contributed by atoms with Crippen molar-refractivity contribution in [1.29, 1.82) is 0 Å². The van der Waals surface area contributed by atoms with Crippen LogP contribution in [0.5, 0.6) is 0 Å². The molecule has 144 valence electrons. The molecule has 0 saturated carbocycles. The Morgan fingerprint density at radius 2 is 1.93 bits per heavy atom. The van der Waals surface area contributed by atoms with Gasteiger partial charge in [0.1, 0.15) is 10.8 Å². The standard InChI is InChI=1S/C20H13ClN4O4/c21-16-7-6-13(10-18(16)25(27)28)20(26)22-19-11-17(14-8-9-29-12-14)23-24(19)15-4-2-1-3-5-15/h1-12H,(H,22,26). The number of nitro groups is 1. The number of anilines is 1. The van der Waals surface area contributed by atoms with Crippen molar-refractivity contribution in [3.8, 4) is 16.9 Å². The van der Waals surface area contributed by atoms with E-state index in [1.807, 2.05) is 30.3 Å². The first-order valence-corrected chi connectivity index (χ1v) is 8.84. The minimum atomic E-state index is -0.635. The lowest BCUT2D eigenvalue weighted by Gasteiger charge is -2.09. The summed E-state index contributed by atoms with van der Waals surface area (Å²) in [5.41, 5.74) is 1.85. The molecule has 0 aliphatic carbocycles. The van der Waals surface area contributed by atoms with Crippen LogP contribution >= 0.6 is 11.6 Å². The lowest BCUT2D eigenvalue weighted by atomic mass is 10.2. The molecule has 0 atom stereocenters. The van der Waals surface area contributed by atoms with Gasteiger partial charge in [0.2, 0.25) is 0 Å². The number of nitrogens with one attached hydrogen (secondary N) is 1. The number of amides is 1. The third kappa shape index (κ3) is 3.74. The lowest BCUT2D eigenvalue weighted by Crippen LogP contribution is -2.15. The van der Waals surface area contributed by atoms with Crippen LogP contribution in [-0.4, -0.2) is 20.6 Å². The number of carbonyl (C=O) groups excluding carboxylic acids is 1. The first-order chi connectivity index (χ1) is 14.0. The molecular weight excluding hydrogens is 396 g/mol. The maximum atomic E-state index is 12.7. The number of hydrogen-bond acceptors (Lipinski definition) is 5. The van der Waals surface area contributed by atoms with Gasteiger partial charge in [-0.2, -0.15) is 5.10 Å². The Hall–Kier alpha value is -3.91. The van der Waals surface area contributed by atoms with E-state index in [1.165, 1.54) is 18.4 Å². The van der Waals surface area contributed by atoms with E-state index in [-0.39, 0.29) is 16.3 Å². The van der Waals surface area contributed by atoms with Crippen LogP contribution < -0.4 is 5.32 Å². The number of hydrogen-bond donors (Lipinski definition) is 1. The van der Waals surface area contributed by atoms with Crippen LogP contribution in [0, 0.1) is 10.1 Å². The van der Waals surface area contributed by atoms with E-state index in [4.69, 9.17) is 16.0 Å². The molecule has 0 bridgehead atoms. The second kappa shape index (κ2) is 7.61. The molecule has 2 heterocycles. The number of furan rings is 1. The monoisotopic (exact) mass is 408 g/mol. The Balaban J connectivity index is 1.72. The van der Waals surface area contributed by atoms with Crippen LogP contribution in [0.2, 0.25) is 5.02 Å². The molecule has 29 heavy (non-hydrogen) atoms. The molecule has 0 spiro atoms. The fourth-order valence-electron chi connectivity index (χ4n) is 2.77. The molecule has 9 heteroatoms. The van der Waals surface area contributed by atoms with E-state index < -0.39 is 10.8 Å². The molecule has 0 aliphatic heterocycles. The zero-order chi connectivity index (χ0) is 20.4. The Labute approximate surface area is 169 Å². The van der Waals surface area contributed by atoms with Crippen molar-refractivity contribution < 1.29 is 14.1 Å². The van der Waals surface area contributed by atoms with Crippen LogP contribution in [0.1, 0.15) is 10.4 Å². The number of aromatic nitrogens is 2. The molecule has 0 fully saturated rings.